The van der Waals surface area contributed by atoms with Crippen LogP contribution in [0, 0.1) is 19.3 Å². The number of hydrogen-bond acceptors (Lipinski definition) is 6. The van der Waals surface area contributed by atoms with Crippen molar-refractivity contribution in [3.8, 4) is 22.4 Å². The Labute approximate surface area is 237 Å². The van der Waals surface area contributed by atoms with E-state index in [0.717, 1.165) is 112 Å². The maximum absolute atomic E-state index is 7.21. The Kier molecular flexibility index (Phi) is 5.56. The van der Waals surface area contributed by atoms with E-state index >= 15 is 0 Å². The molecule has 1 atom stereocenters. The van der Waals surface area contributed by atoms with Crippen molar-refractivity contribution in [1.82, 2.24) is 35.1 Å². The maximum Gasteiger partial charge on any atom is 0.150 e. The fourth-order valence-corrected chi connectivity index (χ4v) is 7.32. The van der Waals surface area contributed by atoms with Gasteiger partial charge in [-0.05, 0) is 81.2 Å². The predicted octanol–water partition coefficient (Wildman–Crippen LogP) is 6.40. The van der Waals surface area contributed by atoms with Gasteiger partial charge in [0.1, 0.15) is 5.69 Å². The third-order valence-electron chi connectivity index (χ3n) is 9.32. The number of nitrogens with one attached hydrogen (secondary N) is 1. The van der Waals surface area contributed by atoms with E-state index in [1.807, 2.05) is 18.3 Å². The molecule has 40 heavy (non-hydrogen) atoms. The summed E-state index contributed by atoms with van der Waals surface area (Å²) in [6.07, 6.45) is 9.17. The number of ether oxygens (including phenoxy) is 1. The van der Waals surface area contributed by atoms with Crippen LogP contribution in [0.3, 0.4) is 0 Å². The Morgan fingerprint density at radius 3 is 2.70 bits per heavy atom. The lowest BCUT2D eigenvalue weighted by molar-refractivity contribution is -0.0366. The van der Waals surface area contributed by atoms with E-state index in [2.05, 4.69) is 56.9 Å². The Morgan fingerprint density at radius 2 is 1.93 bits per heavy atom. The second-order valence-corrected chi connectivity index (χ2v) is 12.3. The Bertz CT molecular complexity index is 1770. The van der Waals surface area contributed by atoms with Gasteiger partial charge in [-0.15, -0.1) is 0 Å². The van der Waals surface area contributed by atoms with Crippen LogP contribution in [0.25, 0.3) is 44.2 Å². The SMILES string of the molecule is Cc1cc2c(cnn2C2CCCCO2)c(-c2c(-c3ccc4nnccc4c3)nn(C3CC4(CNC4)C3)c2C)c1Cl. The third kappa shape index (κ3) is 3.66. The van der Waals surface area contributed by atoms with Crippen molar-refractivity contribution in [2.24, 2.45) is 5.41 Å². The summed E-state index contributed by atoms with van der Waals surface area (Å²) < 4.78 is 10.4. The first-order valence-corrected chi connectivity index (χ1v) is 14.7. The molecule has 5 heterocycles. The molecule has 3 aromatic heterocycles. The molecule has 1 N–H and O–H groups in total. The van der Waals surface area contributed by atoms with Gasteiger partial charge in [-0.25, -0.2) is 4.68 Å². The Hall–Kier alpha value is -3.33. The second kappa shape index (κ2) is 9.09. The van der Waals surface area contributed by atoms with E-state index in [-0.39, 0.29) is 6.23 Å². The molecule has 5 aromatic rings. The molecule has 0 bridgehead atoms. The third-order valence-corrected chi connectivity index (χ3v) is 9.81. The molecule has 3 aliphatic rings. The van der Waals surface area contributed by atoms with Gasteiger partial charge in [0.2, 0.25) is 0 Å². The van der Waals surface area contributed by atoms with Crippen molar-refractivity contribution in [2.45, 2.75) is 58.2 Å². The zero-order valence-corrected chi connectivity index (χ0v) is 23.6. The fraction of sp³-hybridized carbons (Fsp3) is 0.419. The molecular weight excluding hydrogens is 522 g/mol. The molecule has 1 saturated carbocycles. The standard InChI is InChI=1S/C31H32ClN7O/c1-18-11-25-23(15-35-39(25)26-5-3-4-10-40-26)28(29(18)32)27-19(2)38(22-13-31(14-22)16-33-17-31)37-30(27)21-6-7-24-20(12-21)8-9-34-36-24/h6-9,11-12,15,22,26,33H,3-5,10,13-14,16-17H2,1-2H3. The normalized spacial score (nSPS) is 20.7. The van der Waals surface area contributed by atoms with E-state index in [1.165, 1.54) is 0 Å². The first-order chi connectivity index (χ1) is 19.5. The number of rotatable bonds is 4. The number of aromatic nitrogens is 6. The lowest BCUT2D eigenvalue weighted by Gasteiger charge is -2.54. The summed E-state index contributed by atoms with van der Waals surface area (Å²) in [6, 6.07) is 10.8. The van der Waals surface area contributed by atoms with E-state index in [4.69, 9.17) is 26.5 Å². The summed E-state index contributed by atoms with van der Waals surface area (Å²) in [5.74, 6) is 0. The van der Waals surface area contributed by atoms with E-state index in [9.17, 15) is 0 Å². The maximum atomic E-state index is 7.21. The van der Waals surface area contributed by atoms with Crippen molar-refractivity contribution >= 4 is 33.4 Å². The van der Waals surface area contributed by atoms with Gasteiger partial charge >= 0.3 is 0 Å². The molecule has 9 heteroatoms. The van der Waals surface area contributed by atoms with Crippen LogP contribution in [0.15, 0.2) is 42.7 Å². The first-order valence-electron chi connectivity index (χ1n) is 14.3. The van der Waals surface area contributed by atoms with E-state index < -0.39 is 0 Å². The zero-order valence-electron chi connectivity index (χ0n) is 22.8. The van der Waals surface area contributed by atoms with Gasteiger partial charge in [0.15, 0.2) is 6.23 Å². The summed E-state index contributed by atoms with van der Waals surface area (Å²) in [4.78, 5) is 0. The fourth-order valence-electron chi connectivity index (χ4n) is 7.07. The van der Waals surface area contributed by atoms with Gasteiger partial charge in [-0.2, -0.15) is 20.4 Å². The van der Waals surface area contributed by atoms with Crippen molar-refractivity contribution in [2.75, 3.05) is 19.7 Å². The molecule has 3 fully saturated rings. The van der Waals surface area contributed by atoms with Crippen LogP contribution >= 0.6 is 11.6 Å². The topological polar surface area (TPSA) is 82.7 Å². The highest BCUT2D eigenvalue weighted by molar-refractivity contribution is 6.36. The van der Waals surface area contributed by atoms with Gasteiger partial charge in [0.25, 0.3) is 0 Å². The average molecular weight is 554 g/mol. The molecule has 2 aliphatic heterocycles. The first kappa shape index (κ1) is 24.5. The summed E-state index contributed by atoms with van der Waals surface area (Å²) in [5.41, 5.74) is 8.61. The summed E-state index contributed by atoms with van der Waals surface area (Å²) >= 11 is 7.21. The minimum absolute atomic E-state index is 0.0492. The predicted molar refractivity (Wildman–Crippen MR) is 156 cm³/mol. The number of nitrogens with zero attached hydrogens (tertiary/aromatic N) is 6. The number of halogens is 1. The summed E-state index contributed by atoms with van der Waals surface area (Å²) in [6.45, 7) is 7.27. The van der Waals surface area contributed by atoms with Gasteiger partial charge in [-0.1, -0.05) is 17.7 Å². The molecule has 2 saturated heterocycles. The summed E-state index contributed by atoms with van der Waals surface area (Å²) in [5, 5.41) is 24.8. The smallest absolute Gasteiger partial charge is 0.150 e. The van der Waals surface area contributed by atoms with Gasteiger partial charge in [-0.3, -0.25) is 4.68 Å². The highest BCUT2D eigenvalue weighted by Gasteiger charge is 2.50. The van der Waals surface area contributed by atoms with Crippen LogP contribution in [0.5, 0.6) is 0 Å². The average Bonchev–Trinajstić information content (AvgIpc) is 3.49. The molecule has 8 rings (SSSR count). The van der Waals surface area contributed by atoms with Gasteiger partial charge in [0.05, 0.1) is 34.5 Å². The van der Waals surface area contributed by atoms with Crippen molar-refractivity contribution in [3.63, 3.8) is 0 Å². The second-order valence-electron chi connectivity index (χ2n) is 11.9. The van der Waals surface area contributed by atoms with Crippen LogP contribution < -0.4 is 5.32 Å². The molecule has 204 valence electrons. The molecule has 1 unspecified atom stereocenters. The zero-order chi connectivity index (χ0) is 27.0. The van der Waals surface area contributed by atoms with E-state index in [1.54, 1.807) is 6.20 Å². The minimum Gasteiger partial charge on any atom is -0.356 e. The largest absolute Gasteiger partial charge is 0.356 e. The van der Waals surface area contributed by atoms with Crippen molar-refractivity contribution < 1.29 is 4.74 Å². The van der Waals surface area contributed by atoms with Crippen LogP contribution in [0.4, 0.5) is 0 Å². The van der Waals surface area contributed by atoms with Crippen LogP contribution in [-0.2, 0) is 4.74 Å². The molecule has 0 radical (unpaired) electrons. The minimum atomic E-state index is -0.0492. The molecule has 0 amide bonds. The van der Waals surface area contributed by atoms with Gasteiger partial charge < -0.3 is 10.1 Å². The monoisotopic (exact) mass is 553 g/mol. The number of fused-ring (bicyclic) bond motifs is 2. The number of benzene rings is 2. The molecule has 8 nitrogen and oxygen atoms in total. The van der Waals surface area contributed by atoms with Gasteiger partial charge in [0, 0.05) is 52.9 Å². The number of aryl methyl sites for hydroxylation is 1. The highest BCUT2D eigenvalue weighted by atomic mass is 35.5. The quantitative estimate of drug-likeness (QED) is 0.277. The molecular formula is C31H32ClN7O. The van der Waals surface area contributed by atoms with Crippen molar-refractivity contribution in [3.05, 3.63) is 59.0 Å². The molecule has 1 spiro atoms. The van der Waals surface area contributed by atoms with Crippen LogP contribution in [0.2, 0.25) is 5.02 Å². The lowest BCUT2D eigenvalue weighted by atomic mass is 9.61. The molecule has 1 aliphatic carbocycles. The highest BCUT2D eigenvalue weighted by Crippen LogP contribution is 2.53. The Balaban J connectivity index is 1.34. The van der Waals surface area contributed by atoms with E-state index in [0.29, 0.717) is 11.5 Å². The van der Waals surface area contributed by atoms with Crippen molar-refractivity contribution in [1.29, 1.82) is 0 Å². The summed E-state index contributed by atoms with van der Waals surface area (Å²) in [7, 11) is 0. The Morgan fingerprint density at radius 1 is 1.05 bits per heavy atom. The van der Waals surface area contributed by atoms with Crippen LogP contribution in [0.1, 0.15) is 55.6 Å². The lowest BCUT2D eigenvalue weighted by Crippen LogP contribution is -2.60. The van der Waals surface area contributed by atoms with Crippen LogP contribution in [-0.4, -0.2) is 49.5 Å². The molecule has 2 aromatic carbocycles. The number of hydrogen-bond donors (Lipinski definition) is 1.